The Morgan fingerprint density at radius 2 is 1.89 bits per heavy atom. The second-order valence-corrected chi connectivity index (χ2v) is 3.66. The Bertz CT molecular complexity index is 300. The van der Waals surface area contributed by atoms with Gasteiger partial charge < -0.3 is 14.2 Å². The average Bonchev–Trinajstić information content (AvgIpc) is 2.33. The number of carbonyl (C=O) groups excluding carboxylic acids is 1. The van der Waals surface area contributed by atoms with Gasteiger partial charge in [0.25, 0.3) is 0 Å². The van der Waals surface area contributed by atoms with Gasteiger partial charge in [-0.3, -0.25) is 4.79 Å². The van der Waals surface area contributed by atoms with Gasteiger partial charge in [0, 0.05) is 26.4 Å². The lowest BCUT2D eigenvalue weighted by atomic mass is 10.3. The van der Waals surface area contributed by atoms with Gasteiger partial charge in [0.05, 0.1) is 32.0 Å². The van der Waals surface area contributed by atoms with Gasteiger partial charge in [0.15, 0.2) is 0 Å². The number of ether oxygens (including phenoxy) is 3. The van der Waals surface area contributed by atoms with E-state index in [-0.39, 0.29) is 12.4 Å². The van der Waals surface area contributed by atoms with E-state index in [9.17, 15) is 4.79 Å². The summed E-state index contributed by atoms with van der Waals surface area (Å²) in [6.45, 7) is 4.84. The molecule has 0 aromatic rings. The van der Waals surface area contributed by atoms with Crippen molar-refractivity contribution < 1.29 is 19.0 Å². The fraction of sp³-hybridized carbons (Fsp3) is 0.750. The molecule has 0 saturated carbocycles. The lowest BCUT2D eigenvalue weighted by Crippen LogP contribution is -2.11. The van der Waals surface area contributed by atoms with Crippen molar-refractivity contribution in [2.75, 3.05) is 34.0 Å². The Balaban J connectivity index is 4.35. The maximum Gasteiger partial charge on any atom is 0.311 e. The number of esters is 1. The zero-order valence-electron chi connectivity index (χ0n) is 11.6. The van der Waals surface area contributed by atoms with Crippen molar-refractivity contribution in [2.45, 2.75) is 26.7 Å². The average molecular weight is 258 g/mol. The molecular weight excluding hydrogens is 236 g/mol. The van der Waals surface area contributed by atoms with Crippen LogP contribution >= 0.6 is 0 Å². The summed E-state index contributed by atoms with van der Waals surface area (Å²) in [4.78, 5) is 11.2. The molecule has 0 aromatic heterocycles. The first kappa shape index (κ1) is 16.7. The maximum atomic E-state index is 11.2. The van der Waals surface area contributed by atoms with E-state index in [0.29, 0.717) is 32.0 Å². The molecule has 0 saturated heterocycles. The van der Waals surface area contributed by atoms with Gasteiger partial charge in [-0.05, 0) is 13.8 Å². The summed E-state index contributed by atoms with van der Waals surface area (Å²) in [5.41, 5.74) is 1.39. The quantitative estimate of drug-likeness (QED) is 0.356. The minimum atomic E-state index is -0.292. The first-order chi connectivity index (χ1) is 8.63. The van der Waals surface area contributed by atoms with Crippen molar-refractivity contribution in [1.29, 1.82) is 0 Å². The van der Waals surface area contributed by atoms with Crippen LogP contribution in [0.15, 0.2) is 10.2 Å². The zero-order chi connectivity index (χ0) is 13.8. The zero-order valence-corrected chi connectivity index (χ0v) is 11.6. The molecule has 18 heavy (non-hydrogen) atoms. The van der Waals surface area contributed by atoms with Crippen LogP contribution in [0, 0.1) is 0 Å². The third-order valence-corrected chi connectivity index (χ3v) is 1.97. The molecule has 0 aliphatic rings. The standard InChI is InChI=1S/C12H22N2O4/c1-5-18-12(15)8-10(2)13-14-11(9-17-4)6-7-16-3/h5-9H2,1-4H3/b13-10?,14-11-. The summed E-state index contributed by atoms with van der Waals surface area (Å²) in [6.07, 6.45) is 0.808. The SMILES string of the molecule is CCOC(=O)CC(C)=N/N=C(/CCOC)COC. The lowest BCUT2D eigenvalue weighted by Gasteiger charge is -2.03. The molecule has 0 bridgehead atoms. The molecule has 0 radical (unpaired) electrons. The molecule has 6 nitrogen and oxygen atoms in total. The fourth-order valence-electron chi connectivity index (χ4n) is 1.15. The summed E-state index contributed by atoms with van der Waals surface area (Å²) >= 11 is 0. The molecule has 0 unspecified atom stereocenters. The van der Waals surface area contributed by atoms with Gasteiger partial charge in [0.1, 0.15) is 0 Å². The number of methoxy groups -OCH3 is 2. The Morgan fingerprint density at radius 1 is 1.17 bits per heavy atom. The number of hydrogen-bond donors (Lipinski definition) is 0. The second kappa shape index (κ2) is 10.9. The highest BCUT2D eigenvalue weighted by molar-refractivity contribution is 5.98. The Morgan fingerprint density at radius 3 is 2.44 bits per heavy atom. The Hall–Kier alpha value is -1.27. The minimum absolute atomic E-state index is 0.155. The topological polar surface area (TPSA) is 69.5 Å². The third kappa shape index (κ3) is 8.83. The predicted octanol–water partition coefficient (Wildman–Crippen LogP) is 1.44. The number of hydrogen-bond acceptors (Lipinski definition) is 6. The van der Waals surface area contributed by atoms with Crippen LogP contribution in [0.3, 0.4) is 0 Å². The van der Waals surface area contributed by atoms with Crippen molar-refractivity contribution >= 4 is 17.4 Å². The van der Waals surface area contributed by atoms with Crippen molar-refractivity contribution in [3.8, 4) is 0 Å². The Labute approximate surface area is 108 Å². The maximum absolute atomic E-state index is 11.2. The number of nitrogens with zero attached hydrogens (tertiary/aromatic N) is 2. The molecule has 0 amide bonds. The van der Waals surface area contributed by atoms with Crippen molar-refractivity contribution in [3.05, 3.63) is 0 Å². The van der Waals surface area contributed by atoms with Gasteiger partial charge in [-0.1, -0.05) is 0 Å². The van der Waals surface area contributed by atoms with E-state index in [4.69, 9.17) is 14.2 Å². The van der Waals surface area contributed by atoms with E-state index in [0.717, 1.165) is 5.71 Å². The molecule has 0 aliphatic carbocycles. The monoisotopic (exact) mass is 258 g/mol. The number of carbonyl (C=O) groups is 1. The van der Waals surface area contributed by atoms with Crippen LogP contribution in [-0.2, 0) is 19.0 Å². The van der Waals surface area contributed by atoms with Gasteiger partial charge >= 0.3 is 5.97 Å². The van der Waals surface area contributed by atoms with Crippen LogP contribution in [0.4, 0.5) is 0 Å². The van der Waals surface area contributed by atoms with Gasteiger partial charge in [-0.15, -0.1) is 0 Å². The molecule has 0 fully saturated rings. The van der Waals surface area contributed by atoms with E-state index in [1.807, 2.05) is 0 Å². The van der Waals surface area contributed by atoms with Crippen LogP contribution in [-0.4, -0.2) is 51.4 Å². The molecular formula is C12H22N2O4. The first-order valence-electron chi connectivity index (χ1n) is 5.86. The van der Waals surface area contributed by atoms with E-state index >= 15 is 0 Å². The third-order valence-electron chi connectivity index (χ3n) is 1.97. The van der Waals surface area contributed by atoms with E-state index in [1.54, 1.807) is 28.1 Å². The summed E-state index contributed by atoms with van der Waals surface area (Å²) in [7, 11) is 3.22. The largest absolute Gasteiger partial charge is 0.466 e. The van der Waals surface area contributed by atoms with Crippen molar-refractivity contribution in [1.82, 2.24) is 0 Å². The normalized spacial score (nSPS) is 12.7. The van der Waals surface area contributed by atoms with E-state index < -0.39 is 0 Å². The molecule has 0 heterocycles. The van der Waals surface area contributed by atoms with E-state index in [1.165, 1.54) is 0 Å². The van der Waals surface area contributed by atoms with Crippen molar-refractivity contribution in [3.63, 3.8) is 0 Å². The van der Waals surface area contributed by atoms with Gasteiger partial charge in [-0.25, -0.2) is 0 Å². The Kier molecular flexibility index (Phi) is 10.1. The smallest absolute Gasteiger partial charge is 0.311 e. The summed E-state index contributed by atoms with van der Waals surface area (Å²) < 4.78 is 14.8. The lowest BCUT2D eigenvalue weighted by molar-refractivity contribution is -0.141. The minimum Gasteiger partial charge on any atom is -0.466 e. The van der Waals surface area contributed by atoms with Crippen molar-refractivity contribution in [2.24, 2.45) is 10.2 Å². The molecule has 0 rings (SSSR count). The van der Waals surface area contributed by atoms with Crippen LogP contribution in [0.25, 0.3) is 0 Å². The molecule has 0 aliphatic heterocycles. The van der Waals surface area contributed by atoms with E-state index in [2.05, 4.69) is 10.2 Å². The molecule has 104 valence electrons. The summed E-state index contributed by atoms with van der Waals surface area (Å²) in [5, 5.41) is 8.04. The first-order valence-corrected chi connectivity index (χ1v) is 5.86. The fourth-order valence-corrected chi connectivity index (χ4v) is 1.15. The van der Waals surface area contributed by atoms with Gasteiger partial charge in [-0.2, -0.15) is 10.2 Å². The van der Waals surface area contributed by atoms with Gasteiger partial charge in [0.2, 0.25) is 0 Å². The summed E-state index contributed by atoms with van der Waals surface area (Å²) in [6, 6.07) is 0. The summed E-state index contributed by atoms with van der Waals surface area (Å²) in [5.74, 6) is -0.292. The van der Waals surface area contributed by atoms with Crippen LogP contribution in [0.5, 0.6) is 0 Å². The molecule has 0 aromatic carbocycles. The number of rotatable bonds is 9. The predicted molar refractivity (Wildman–Crippen MR) is 70.2 cm³/mol. The molecule has 6 heteroatoms. The highest BCUT2D eigenvalue weighted by atomic mass is 16.5. The van der Waals surface area contributed by atoms with Crippen LogP contribution in [0.1, 0.15) is 26.7 Å². The molecule has 0 spiro atoms. The van der Waals surface area contributed by atoms with Crippen LogP contribution < -0.4 is 0 Å². The highest BCUT2D eigenvalue weighted by Crippen LogP contribution is 1.95. The molecule has 0 atom stereocenters. The molecule has 0 N–H and O–H groups in total. The second-order valence-electron chi connectivity index (χ2n) is 3.66. The van der Waals surface area contributed by atoms with Crippen LogP contribution in [0.2, 0.25) is 0 Å². The highest BCUT2D eigenvalue weighted by Gasteiger charge is 2.04.